The number of hydrogen-bond acceptors (Lipinski definition) is 3. The molecule has 2 rings (SSSR count). The molecule has 4 unspecified atom stereocenters. The maximum atomic E-state index is 13.0. The van der Waals surface area contributed by atoms with Gasteiger partial charge in [-0.2, -0.15) is 0 Å². The summed E-state index contributed by atoms with van der Waals surface area (Å²) in [4.78, 5) is 39.4. The molecule has 2 amide bonds. The molecule has 1 aliphatic heterocycles. The Hall–Kier alpha value is -1.54. The number of aryl methyl sites for hydroxylation is 1. The lowest BCUT2D eigenvalue weighted by Gasteiger charge is -2.22. The van der Waals surface area contributed by atoms with Gasteiger partial charge in [-0.25, -0.2) is 0 Å². The molecule has 1 aliphatic rings. The Morgan fingerprint density at radius 3 is 2.21 bits per heavy atom. The van der Waals surface area contributed by atoms with Crippen LogP contribution in [0, 0.1) is 11.8 Å². The lowest BCUT2D eigenvalue weighted by atomic mass is 9.97. The van der Waals surface area contributed by atoms with Crippen molar-refractivity contribution in [2.75, 3.05) is 0 Å². The number of benzene rings is 1. The molecule has 0 saturated carbocycles. The van der Waals surface area contributed by atoms with E-state index in [0.29, 0.717) is 29.9 Å². The number of imide groups is 1. The maximum absolute atomic E-state index is 13.0. The Balaban J connectivity index is 2.10. The number of amides is 2. The molecule has 1 aromatic rings. The first-order chi connectivity index (χ1) is 13.7. The van der Waals surface area contributed by atoms with Gasteiger partial charge in [0.1, 0.15) is 5.78 Å². The largest absolute Gasteiger partial charge is 0.299 e. The monoisotopic (exact) mass is 417 g/mol. The van der Waals surface area contributed by atoms with Crippen molar-refractivity contribution in [1.82, 2.24) is 4.90 Å². The highest BCUT2D eigenvalue weighted by molar-refractivity contribution is 7.27. The number of fused-ring (bicyclic) bond motifs is 1. The summed E-state index contributed by atoms with van der Waals surface area (Å²) < 4.78 is 0. The minimum absolute atomic E-state index is 0.0297. The Morgan fingerprint density at radius 1 is 1.00 bits per heavy atom. The van der Waals surface area contributed by atoms with Gasteiger partial charge in [0.2, 0.25) is 0 Å². The van der Waals surface area contributed by atoms with Gasteiger partial charge in [-0.3, -0.25) is 19.3 Å². The van der Waals surface area contributed by atoms with Gasteiger partial charge in [-0.1, -0.05) is 40.5 Å². The molecule has 0 spiro atoms. The molecule has 0 radical (unpaired) electrons. The summed E-state index contributed by atoms with van der Waals surface area (Å²) in [5.41, 5.74) is 2.13. The number of hydrogen-bond donors (Lipinski definition) is 0. The lowest BCUT2D eigenvalue weighted by Crippen LogP contribution is -2.38. The summed E-state index contributed by atoms with van der Waals surface area (Å²) >= 11 is 0. The van der Waals surface area contributed by atoms with E-state index < -0.39 is 0 Å². The molecule has 0 aromatic heterocycles. The lowest BCUT2D eigenvalue weighted by molar-refractivity contribution is -0.122. The van der Waals surface area contributed by atoms with Crippen LogP contribution < -0.4 is 5.30 Å². The van der Waals surface area contributed by atoms with Gasteiger partial charge in [-0.05, 0) is 61.5 Å². The topological polar surface area (TPSA) is 54.5 Å². The quantitative estimate of drug-likeness (QED) is 0.379. The van der Waals surface area contributed by atoms with E-state index in [9.17, 15) is 14.4 Å². The van der Waals surface area contributed by atoms with E-state index in [-0.39, 0.29) is 29.6 Å². The smallest absolute Gasteiger partial charge is 0.261 e. The molecule has 0 N–H and O–H groups in total. The van der Waals surface area contributed by atoms with E-state index >= 15 is 0 Å². The standard InChI is InChI=1S/C24H36NO3P/c1-6-15(3)9-8-10-18-13-19-20(14-22(18)29)24(28)25(23(19)27)17(5)11-12-21(26)16(4)7-2/h13-17H,6-12,29H2,1-5H3. The molecule has 1 heterocycles. The van der Waals surface area contributed by atoms with E-state index in [1.165, 1.54) is 11.3 Å². The Labute approximate surface area is 178 Å². The van der Waals surface area contributed by atoms with Gasteiger partial charge in [-0.15, -0.1) is 9.24 Å². The molecule has 0 aliphatic carbocycles. The van der Waals surface area contributed by atoms with Crippen LogP contribution in [0.5, 0.6) is 0 Å². The Kier molecular flexibility index (Phi) is 8.58. The number of rotatable bonds is 11. The fourth-order valence-electron chi connectivity index (χ4n) is 3.78. The molecule has 0 fully saturated rings. The van der Waals surface area contributed by atoms with Crippen LogP contribution in [0.3, 0.4) is 0 Å². The summed E-state index contributed by atoms with van der Waals surface area (Å²) in [5.74, 6) is 0.480. The van der Waals surface area contributed by atoms with Crippen molar-refractivity contribution in [3.63, 3.8) is 0 Å². The molecule has 0 saturated heterocycles. The number of Topliss-reactive ketones (excluding diaryl/α,β-unsaturated/α-hetero) is 1. The fourth-order valence-corrected chi connectivity index (χ4v) is 4.18. The van der Waals surface area contributed by atoms with Gasteiger partial charge in [0.15, 0.2) is 0 Å². The van der Waals surface area contributed by atoms with Crippen LogP contribution in [-0.4, -0.2) is 28.5 Å². The van der Waals surface area contributed by atoms with Crippen LogP contribution in [0.25, 0.3) is 0 Å². The Morgan fingerprint density at radius 2 is 1.62 bits per heavy atom. The molecule has 1 aromatic carbocycles. The highest BCUT2D eigenvalue weighted by Gasteiger charge is 2.39. The van der Waals surface area contributed by atoms with Crippen molar-refractivity contribution in [3.05, 3.63) is 28.8 Å². The van der Waals surface area contributed by atoms with Gasteiger partial charge >= 0.3 is 0 Å². The highest BCUT2D eigenvalue weighted by atomic mass is 31.0. The number of ketones is 1. The average molecular weight is 418 g/mol. The number of nitrogens with zero attached hydrogens (tertiary/aromatic N) is 1. The van der Waals surface area contributed by atoms with Crippen molar-refractivity contribution in [1.29, 1.82) is 0 Å². The van der Waals surface area contributed by atoms with Crippen molar-refractivity contribution in [2.45, 2.75) is 85.6 Å². The molecule has 0 bridgehead atoms. The summed E-state index contributed by atoms with van der Waals surface area (Å²) in [7, 11) is 2.72. The van der Waals surface area contributed by atoms with Gasteiger partial charge in [0.05, 0.1) is 11.1 Å². The predicted molar refractivity (Wildman–Crippen MR) is 122 cm³/mol. The summed E-state index contributed by atoms with van der Waals surface area (Å²) in [6.07, 6.45) is 6.07. The third kappa shape index (κ3) is 5.54. The van der Waals surface area contributed by atoms with Crippen molar-refractivity contribution in [2.24, 2.45) is 11.8 Å². The molecular weight excluding hydrogens is 381 g/mol. The minimum Gasteiger partial charge on any atom is -0.299 e. The zero-order valence-electron chi connectivity index (χ0n) is 18.6. The summed E-state index contributed by atoms with van der Waals surface area (Å²) in [6, 6.07) is 3.47. The second-order valence-electron chi connectivity index (χ2n) is 8.65. The maximum Gasteiger partial charge on any atom is 0.261 e. The minimum atomic E-state index is -0.280. The molecule has 5 heteroatoms. The normalized spacial score (nSPS) is 16.7. The van der Waals surface area contributed by atoms with Crippen LogP contribution in [0.4, 0.5) is 0 Å². The predicted octanol–water partition coefficient (Wildman–Crippen LogP) is 4.94. The SMILES string of the molecule is CCC(C)CCCc1cc2c(cc1P)C(=O)N(C(C)CCC(=O)C(C)CC)C2=O. The first-order valence-electron chi connectivity index (χ1n) is 11.0. The molecule has 29 heavy (non-hydrogen) atoms. The second-order valence-corrected chi connectivity index (χ2v) is 9.27. The van der Waals surface area contributed by atoms with Crippen LogP contribution in [0.15, 0.2) is 12.1 Å². The third-order valence-electron chi connectivity index (χ3n) is 6.43. The second kappa shape index (κ2) is 10.5. The third-order valence-corrected chi connectivity index (χ3v) is 6.97. The highest BCUT2D eigenvalue weighted by Crippen LogP contribution is 2.28. The summed E-state index contributed by atoms with van der Waals surface area (Å²) in [6.45, 7) is 10.3. The van der Waals surface area contributed by atoms with Gasteiger partial charge in [0, 0.05) is 18.4 Å². The van der Waals surface area contributed by atoms with E-state index in [1.54, 1.807) is 0 Å². The van der Waals surface area contributed by atoms with Crippen LogP contribution >= 0.6 is 9.24 Å². The van der Waals surface area contributed by atoms with E-state index in [0.717, 1.165) is 36.6 Å². The Bertz CT molecular complexity index is 774. The average Bonchev–Trinajstić information content (AvgIpc) is 2.94. The van der Waals surface area contributed by atoms with Gasteiger partial charge < -0.3 is 0 Å². The zero-order chi connectivity index (χ0) is 21.7. The van der Waals surface area contributed by atoms with Crippen molar-refractivity contribution >= 4 is 32.1 Å². The first-order valence-corrected chi connectivity index (χ1v) is 11.6. The molecule has 4 atom stereocenters. The number of carbonyl (C=O) groups is 3. The molecule has 4 nitrogen and oxygen atoms in total. The van der Waals surface area contributed by atoms with Crippen LogP contribution in [-0.2, 0) is 11.2 Å². The summed E-state index contributed by atoms with van der Waals surface area (Å²) in [5, 5.41) is 0.996. The van der Waals surface area contributed by atoms with E-state index in [4.69, 9.17) is 0 Å². The van der Waals surface area contributed by atoms with Crippen molar-refractivity contribution < 1.29 is 14.4 Å². The fraction of sp³-hybridized carbons (Fsp3) is 0.625. The first kappa shape index (κ1) is 23.7. The molecule has 160 valence electrons. The van der Waals surface area contributed by atoms with Crippen LogP contribution in [0.1, 0.15) is 99.4 Å². The zero-order valence-corrected chi connectivity index (χ0v) is 19.7. The molecular formula is C24H36NO3P. The van der Waals surface area contributed by atoms with Crippen LogP contribution in [0.2, 0.25) is 0 Å². The van der Waals surface area contributed by atoms with Crippen molar-refractivity contribution in [3.8, 4) is 0 Å². The van der Waals surface area contributed by atoms with E-state index in [1.807, 2.05) is 32.9 Å². The van der Waals surface area contributed by atoms with E-state index in [2.05, 4.69) is 23.1 Å². The van der Waals surface area contributed by atoms with Gasteiger partial charge in [0.25, 0.3) is 11.8 Å². The number of carbonyl (C=O) groups excluding carboxylic acids is 3.